The van der Waals surface area contributed by atoms with Crippen molar-refractivity contribution in [2.24, 2.45) is 0 Å². The largest absolute Gasteiger partial charge is 0.478 e. The smallest absolute Gasteiger partial charge is 0.337 e. The number of hydrogen-bond donors (Lipinski definition) is 3. The molecule has 0 radical (unpaired) electrons. The highest BCUT2D eigenvalue weighted by Gasteiger charge is 2.23. The summed E-state index contributed by atoms with van der Waals surface area (Å²) in [7, 11) is 0. The predicted octanol–water partition coefficient (Wildman–Crippen LogP) is 2.81. The van der Waals surface area contributed by atoms with E-state index in [4.69, 9.17) is 0 Å². The highest BCUT2D eigenvalue weighted by atomic mass is 19.1. The van der Waals surface area contributed by atoms with Crippen LogP contribution < -0.4 is 15.5 Å². The van der Waals surface area contributed by atoms with E-state index in [1.807, 2.05) is 20.8 Å². The van der Waals surface area contributed by atoms with Crippen molar-refractivity contribution in [3.05, 3.63) is 59.4 Å². The number of halogens is 1. The van der Waals surface area contributed by atoms with Crippen molar-refractivity contribution in [2.75, 3.05) is 42.9 Å². The number of aromatic carboxylic acids is 1. The van der Waals surface area contributed by atoms with E-state index in [0.29, 0.717) is 32.7 Å². The summed E-state index contributed by atoms with van der Waals surface area (Å²) in [5.74, 6) is -2.17. The van der Waals surface area contributed by atoms with Crippen molar-refractivity contribution in [3.8, 4) is 0 Å². The molecule has 1 heterocycles. The molecular weight excluding hydrogens is 427 g/mol. The van der Waals surface area contributed by atoms with Crippen LogP contribution in [-0.2, 0) is 4.79 Å². The Morgan fingerprint density at radius 3 is 2.21 bits per heavy atom. The Morgan fingerprint density at radius 1 is 1.00 bits per heavy atom. The lowest BCUT2D eigenvalue weighted by atomic mass is 10.1. The maximum Gasteiger partial charge on any atom is 0.337 e. The van der Waals surface area contributed by atoms with Crippen LogP contribution in [0.4, 0.5) is 15.8 Å². The first-order valence-electron chi connectivity index (χ1n) is 10.7. The zero-order valence-electron chi connectivity index (χ0n) is 19.0. The number of carboxylic acids is 1. The van der Waals surface area contributed by atoms with Crippen LogP contribution in [0.25, 0.3) is 0 Å². The van der Waals surface area contributed by atoms with Gasteiger partial charge in [-0.2, -0.15) is 0 Å². The summed E-state index contributed by atoms with van der Waals surface area (Å²) >= 11 is 0. The Bertz CT molecular complexity index is 1030. The van der Waals surface area contributed by atoms with E-state index in [9.17, 15) is 23.9 Å². The standard InChI is InChI=1S/C24H29FN4O4/c1-24(2,3)27-21(30)15-28-10-12-29(13-11-28)18-8-9-20(19(14-18)23(32)33)26-22(31)16-4-6-17(25)7-5-16/h4-9,14H,10-13,15H2,1-3H3,(H,26,31)(H,27,30)(H,32,33). The number of amides is 2. The van der Waals surface area contributed by atoms with Crippen molar-refractivity contribution >= 4 is 29.2 Å². The molecule has 0 saturated carbocycles. The molecule has 0 aliphatic carbocycles. The number of nitrogens with one attached hydrogen (secondary N) is 2. The number of nitrogens with zero attached hydrogens (tertiary/aromatic N) is 2. The molecule has 8 nitrogen and oxygen atoms in total. The molecule has 0 spiro atoms. The van der Waals surface area contributed by atoms with Crippen molar-refractivity contribution in [3.63, 3.8) is 0 Å². The molecule has 1 fully saturated rings. The highest BCUT2D eigenvalue weighted by molar-refractivity contribution is 6.08. The Morgan fingerprint density at radius 2 is 1.64 bits per heavy atom. The van der Waals surface area contributed by atoms with Crippen LogP contribution in [-0.4, -0.2) is 66.1 Å². The van der Waals surface area contributed by atoms with E-state index in [1.165, 1.54) is 30.3 Å². The van der Waals surface area contributed by atoms with Crippen molar-refractivity contribution < 1.29 is 23.9 Å². The number of hydrogen-bond acceptors (Lipinski definition) is 5. The van der Waals surface area contributed by atoms with Crippen LogP contribution in [0.1, 0.15) is 41.5 Å². The van der Waals surface area contributed by atoms with Crippen LogP contribution in [0, 0.1) is 5.82 Å². The Hall–Kier alpha value is -3.46. The van der Waals surface area contributed by atoms with E-state index in [0.717, 1.165) is 5.69 Å². The van der Waals surface area contributed by atoms with Crippen LogP contribution in [0.5, 0.6) is 0 Å². The third-order valence-corrected chi connectivity index (χ3v) is 5.21. The van der Waals surface area contributed by atoms with Gasteiger partial charge in [-0.1, -0.05) is 0 Å². The van der Waals surface area contributed by atoms with Gasteiger partial charge in [0.2, 0.25) is 5.91 Å². The van der Waals surface area contributed by atoms with Gasteiger partial charge in [0, 0.05) is 43.0 Å². The average molecular weight is 457 g/mol. The fourth-order valence-corrected chi connectivity index (χ4v) is 3.64. The zero-order valence-corrected chi connectivity index (χ0v) is 19.0. The lowest BCUT2D eigenvalue weighted by Gasteiger charge is -2.36. The van der Waals surface area contributed by atoms with E-state index in [2.05, 4.69) is 20.4 Å². The fourth-order valence-electron chi connectivity index (χ4n) is 3.64. The molecule has 9 heteroatoms. The molecule has 1 saturated heterocycles. The second-order valence-electron chi connectivity index (χ2n) is 9.06. The number of anilines is 2. The minimum Gasteiger partial charge on any atom is -0.478 e. The zero-order chi connectivity index (χ0) is 24.2. The number of rotatable bonds is 6. The van der Waals surface area contributed by atoms with Gasteiger partial charge in [0.1, 0.15) is 5.82 Å². The lowest BCUT2D eigenvalue weighted by molar-refractivity contribution is -0.123. The van der Waals surface area contributed by atoms with E-state index >= 15 is 0 Å². The first-order chi connectivity index (χ1) is 15.5. The molecule has 2 aromatic rings. The third kappa shape index (κ3) is 6.76. The van der Waals surface area contributed by atoms with Gasteiger partial charge in [0.05, 0.1) is 17.8 Å². The average Bonchev–Trinajstić information content (AvgIpc) is 2.73. The Balaban J connectivity index is 1.65. The summed E-state index contributed by atoms with van der Waals surface area (Å²) in [5, 5.41) is 15.2. The molecular formula is C24H29FN4O4. The normalized spacial score (nSPS) is 14.6. The number of benzene rings is 2. The van der Waals surface area contributed by atoms with Gasteiger partial charge in [0.25, 0.3) is 5.91 Å². The lowest BCUT2D eigenvalue weighted by Crippen LogP contribution is -2.51. The maximum absolute atomic E-state index is 13.1. The summed E-state index contributed by atoms with van der Waals surface area (Å²) in [6, 6.07) is 9.86. The van der Waals surface area contributed by atoms with Gasteiger partial charge in [-0.15, -0.1) is 0 Å². The number of carbonyl (C=O) groups excluding carboxylic acids is 2. The van der Waals surface area contributed by atoms with Crippen LogP contribution >= 0.6 is 0 Å². The second-order valence-corrected chi connectivity index (χ2v) is 9.06. The summed E-state index contributed by atoms with van der Waals surface area (Å²) in [6.45, 7) is 8.76. The molecule has 2 aromatic carbocycles. The SMILES string of the molecule is CC(C)(C)NC(=O)CN1CCN(c2ccc(NC(=O)c3ccc(F)cc3)c(C(=O)O)c2)CC1. The summed E-state index contributed by atoms with van der Waals surface area (Å²) in [5.41, 5.74) is 0.808. The van der Waals surface area contributed by atoms with Crippen LogP contribution in [0.3, 0.4) is 0 Å². The Kier molecular flexibility index (Phi) is 7.33. The molecule has 0 unspecified atom stereocenters. The van der Waals surface area contributed by atoms with Crippen molar-refractivity contribution in [1.82, 2.24) is 10.2 Å². The molecule has 33 heavy (non-hydrogen) atoms. The third-order valence-electron chi connectivity index (χ3n) is 5.21. The first-order valence-corrected chi connectivity index (χ1v) is 10.7. The number of carbonyl (C=O) groups is 3. The minimum absolute atomic E-state index is 0.0228. The molecule has 3 N–H and O–H groups in total. The molecule has 1 aliphatic heterocycles. The second kappa shape index (κ2) is 9.99. The molecule has 2 amide bonds. The molecule has 0 aromatic heterocycles. The van der Waals surface area contributed by atoms with E-state index in [-0.39, 0.29) is 28.3 Å². The van der Waals surface area contributed by atoms with Crippen LogP contribution in [0.15, 0.2) is 42.5 Å². The van der Waals surface area contributed by atoms with Gasteiger partial charge in [0.15, 0.2) is 0 Å². The van der Waals surface area contributed by atoms with Gasteiger partial charge >= 0.3 is 5.97 Å². The predicted molar refractivity (Wildman–Crippen MR) is 124 cm³/mol. The van der Waals surface area contributed by atoms with Crippen molar-refractivity contribution in [2.45, 2.75) is 26.3 Å². The molecule has 3 rings (SSSR count). The van der Waals surface area contributed by atoms with Gasteiger partial charge < -0.3 is 20.6 Å². The molecule has 0 atom stereocenters. The topological polar surface area (TPSA) is 102 Å². The molecule has 176 valence electrons. The van der Waals surface area contributed by atoms with Gasteiger partial charge in [-0.05, 0) is 63.2 Å². The van der Waals surface area contributed by atoms with Gasteiger partial charge in [-0.3, -0.25) is 14.5 Å². The highest BCUT2D eigenvalue weighted by Crippen LogP contribution is 2.25. The van der Waals surface area contributed by atoms with Crippen LogP contribution in [0.2, 0.25) is 0 Å². The summed E-state index contributed by atoms with van der Waals surface area (Å²) in [4.78, 5) is 40.5. The summed E-state index contributed by atoms with van der Waals surface area (Å²) < 4.78 is 13.1. The summed E-state index contributed by atoms with van der Waals surface area (Å²) in [6.07, 6.45) is 0. The monoisotopic (exact) mass is 456 g/mol. The van der Waals surface area contributed by atoms with E-state index < -0.39 is 17.7 Å². The molecule has 1 aliphatic rings. The number of piperazine rings is 1. The van der Waals surface area contributed by atoms with Gasteiger partial charge in [-0.25, -0.2) is 9.18 Å². The van der Waals surface area contributed by atoms with Crippen molar-refractivity contribution in [1.29, 1.82) is 0 Å². The first kappa shape index (κ1) is 24.2. The fraction of sp³-hybridized carbons (Fsp3) is 0.375. The van der Waals surface area contributed by atoms with E-state index in [1.54, 1.807) is 12.1 Å². The maximum atomic E-state index is 13.1. The molecule has 0 bridgehead atoms. The quantitative estimate of drug-likeness (QED) is 0.618. The Labute approximate surface area is 192 Å². The number of carboxylic acid groups (broad SMARTS) is 1. The minimum atomic E-state index is -1.16.